The van der Waals surface area contributed by atoms with Gasteiger partial charge in [0.05, 0.1) is 6.10 Å². The normalized spacial score (nSPS) is 35.6. The molecular formula is C11H22N2O. The second-order valence-electron chi connectivity index (χ2n) is 4.61. The van der Waals surface area contributed by atoms with Gasteiger partial charge in [-0.1, -0.05) is 0 Å². The standard InChI is InChI=1S/C11H22N2O/c1-14-10-4-6-13(7-5-10)11-3-2-9(11)8-12/h9-11H,2-8,12H2,1H3. The van der Waals surface area contributed by atoms with E-state index in [9.17, 15) is 0 Å². The number of hydrogen-bond donors (Lipinski definition) is 1. The van der Waals surface area contributed by atoms with Crippen molar-refractivity contribution in [2.45, 2.75) is 37.8 Å². The monoisotopic (exact) mass is 198 g/mol. The first-order chi connectivity index (χ1) is 6.85. The second kappa shape index (κ2) is 4.60. The summed E-state index contributed by atoms with van der Waals surface area (Å²) in [6.45, 7) is 3.29. The van der Waals surface area contributed by atoms with Crippen molar-refractivity contribution in [3.8, 4) is 0 Å². The van der Waals surface area contributed by atoms with Crippen molar-refractivity contribution >= 4 is 0 Å². The van der Waals surface area contributed by atoms with Crippen LogP contribution < -0.4 is 5.73 Å². The van der Waals surface area contributed by atoms with Crippen LogP contribution in [0.3, 0.4) is 0 Å². The van der Waals surface area contributed by atoms with Crippen LogP contribution in [-0.4, -0.2) is 43.8 Å². The molecule has 2 atom stereocenters. The molecule has 0 aromatic rings. The Kier molecular flexibility index (Phi) is 3.42. The summed E-state index contributed by atoms with van der Waals surface area (Å²) in [5.41, 5.74) is 5.73. The van der Waals surface area contributed by atoms with Crippen LogP contribution in [0.5, 0.6) is 0 Å². The molecule has 3 nitrogen and oxygen atoms in total. The molecule has 0 spiro atoms. The molecule has 1 saturated heterocycles. The molecule has 2 aliphatic rings. The smallest absolute Gasteiger partial charge is 0.0595 e. The van der Waals surface area contributed by atoms with E-state index in [1.807, 2.05) is 7.11 Å². The van der Waals surface area contributed by atoms with E-state index in [-0.39, 0.29) is 0 Å². The van der Waals surface area contributed by atoms with Crippen LogP contribution in [0, 0.1) is 5.92 Å². The van der Waals surface area contributed by atoms with Crippen LogP contribution in [0.1, 0.15) is 25.7 Å². The third kappa shape index (κ3) is 1.95. The lowest BCUT2D eigenvalue weighted by molar-refractivity contribution is -0.00684. The van der Waals surface area contributed by atoms with Crippen LogP contribution >= 0.6 is 0 Å². The third-order valence-corrected chi connectivity index (χ3v) is 3.96. The fourth-order valence-electron chi connectivity index (χ4n) is 2.75. The maximum Gasteiger partial charge on any atom is 0.0595 e. The lowest BCUT2D eigenvalue weighted by Gasteiger charge is -2.46. The quantitative estimate of drug-likeness (QED) is 0.730. The van der Waals surface area contributed by atoms with Crippen LogP contribution in [0.15, 0.2) is 0 Å². The van der Waals surface area contributed by atoms with E-state index in [0.29, 0.717) is 6.10 Å². The zero-order chi connectivity index (χ0) is 9.97. The first-order valence-corrected chi connectivity index (χ1v) is 5.82. The molecule has 1 aliphatic carbocycles. The highest BCUT2D eigenvalue weighted by molar-refractivity contribution is 4.91. The summed E-state index contributed by atoms with van der Waals surface area (Å²) in [4.78, 5) is 2.62. The number of rotatable bonds is 3. The number of likely N-dealkylation sites (tertiary alicyclic amines) is 1. The minimum atomic E-state index is 0.502. The number of nitrogens with two attached hydrogens (primary N) is 1. The van der Waals surface area contributed by atoms with Crippen molar-refractivity contribution in [1.29, 1.82) is 0 Å². The number of hydrogen-bond acceptors (Lipinski definition) is 3. The summed E-state index contributed by atoms with van der Waals surface area (Å²) in [6, 6.07) is 0.790. The molecule has 0 aromatic carbocycles. The zero-order valence-electron chi connectivity index (χ0n) is 9.11. The Balaban J connectivity index is 1.77. The Morgan fingerprint density at radius 1 is 1.21 bits per heavy atom. The summed E-state index contributed by atoms with van der Waals surface area (Å²) in [5.74, 6) is 0.772. The van der Waals surface area contributed by atoms with Gasteiger partial charge in [-0.25, -0.2) is 0 Å². The van der Waals surface area contributed by atoms with Gasteiger partial charge in [-0.05, 0) is 38.1 Å². The minimum Gasteiger partial charge on any atom is -0.381 e. The molecule has 2 rings (SSSR count). The van der Waals surface area contributed by atoms with Crippen molar-refractivity contribution in [2.24, 2.45) is 11.7 Å². The highest BCUT2D eigenvalue weighted by atomic mass is 16.5. The predicted octanol–water partition coefficient (Wildman–Crippen LogP) is 0.834. The van der Waals surface area contributed by atoms with E-state index >= 15 is 0 Å². The third-order valence-electron chi connectivity index (χ3n) is 3.96. The first-order valence-electron chi connectivity index (χ1n) is 5.82. The molecule has 0 bridgehead atoms. The minimum absolute atomic E-state index is 0.502. The van der Waals surface area contributed by atoms with Gasteiger partial charge in [-0.15, -0.1) is 0 Å². The van der Waals surface area contributed by atoms with E-state index in [0.717, 1.165) is 18.5 Å². The van der Waals surface area contributed by atoms with Crippen molar-refractivity contribution in [3.05, 3.63) is 0 Å². The molecule has 82 valence electrons. The fourth-order valence-corrected chi connectivity index (χ4v) is 2.75. The van der Waals surface area contributed by atoms with Crippen LogP contribution in [0.2, 0.25) is 0 Å². The van der Waals surface area contributed by atoms with E-state index in [2.05, 4.69) is 4.90 Å². The van der Waals surface area contributed by atoms with Gasteiger partial charge in [0, 0.05) is 26.2 Å². The highest BCUT2D eigenvalue weighted by Gasteiger charge is 2.35. The van der Waals surface area contributed by atoms with Crippen molar-refractivity contribution in [1.82, 2.24) is 4.90 Å². The van der Waals surface area contributed by atoms with Crippen LogP contribution in [0.4, 0.5) is 0 Å². The Bertz CT molecular complexity index is 176. The Morgan fingerprint density at radius 2 is 1.93 bits per heavy atom. The van der Waals surface area contributed by atoms with Gasteiger partial charge in [0.1, 0.15) is 0 Å². The van der Waals surface area contributed by atoms with Gasteiger partial charge >= 0.3 is 0 Å². The maximum atomic E-state index is 5.73. The van der Waals surface area contributed by atoms with Crippen molar-refractivity contribution in [2.75, 3.05) is 26.7 Å². The summed E-state index contributed by atoms with van der Waals surface area (Å²) in [6.07, 6.45) is 5.60. The fraction of sp³-hybridized carbons (Fsp3) is 1.00. The second-order valence-corrected chi connectivity index (χ2v) is 4.61. The average Bonchev–Trinajstić information content (AvgIpc) is 2.18. The predicted molar refractivity (Wildman–Crippen MR) is 57.2 cm³/mol. The largest absolute Gasteiger partial charge is 0.381 e. The molecule has 1 aliphatic heterocycles. The van der Waals surface area contributed by atoms with E-state index in [1.54, 1.807) is 0 Å². The molecule has 2 N–H and O–H groups in total. The van der Waals surface area contributed by atoms with Gasteiger partial charge < -0.3 is 10.5 Å². The van der Waals surface area contributed by atoms with E-state index in [1.165, 1.54) is 38.8 Å². The molecule has 0 aromatic heterocycles. The van der Waals surface area contributed by atoms with Gasteiger partial charge in [-0.2, -0.15) is 0 Å². The molecule has 2 fully saturated rings. The molecule has 14 heavy (non-hydrogen) atoms. The van der Waals surface area contributed by atoms with Gasteiger partial charge in [0.25, 0.3) is 0 Å². The van der Waals surface area contributed by atoms with Crippen LogP contribution in [0.25, 0.3) is 0 Å². The van der Waals surface area contributed by atoms with E-state index in [4.69, 9.17) is 10.5 Å². The van der Waals surface area contributed by atoms with Gasteiger partial charge in [0.15, 0.2) is 0 Å². The molecule has 0 amide bonds. The topological polar surface area (TPSA) is 38.5 Å². The number of methoxy groups -OCH3 is 1. The molecule has 2 unspecified atom stereocenters. The Labute approximate surface area is 86.6 Å². The maximum absolute atomic E-state index is 5.73. The molecule has 1 heterocycles. The molecule has 1 saturated carbocycles. The highest BCUT2D eigenvalue weighted by Crippen LogP contribution is 2.33. The number of piperidine rings is 1. The summed E-state index contributed by atoms with van der Waals surface area (Å²) >= 11 is 0. The number of nitrogens with zero attached hydrogens (tertiary/aromatic N) is 1. The SMILES string of the molecule is COC1CCN(C2CCC2CN)CC1. The van der Waals surface area contributed by atoms with Crippen molar-refractivity contribution < 1.29 is 4.74 Å². The Morgan fingerprint density at radius 3 is 2.36 bits per heavy atom. The molecular weight excluding hydrogens is 176 g/mol. The number of ether oxygens (including phenoxy) is 1. The van der Waals surface area contributed by atoms with E-state index < -0.39 is 0 Å². The van der Waals surface area contributed by atoms with Crippen LogP contribution in [-0.2, 0) is 4.74 Å². The van der Waals surface area contributed by atoms with Gasteiger partial charge in [-0.3, -0.25) is 4.90 Å². The lowest BCUT2D eigenvalue weighted by atomic mass is 9.78. The summed E-state index contributed by atoms with van der Waals surface area (Å²) < 4.78 is 5.37. The molecule has 0 radical (unpaired) electrons. The first kappa shape index (κ1) is 10.4. The molecule has 3 heteroatoms. The lowest BCUT2D eigenvalue weighted by Crippen LogP contribution is -2.53. The zero-order valence-corrected chi connectivity index (χ0v) is 9.11. The van der Waals surface area contributed by atoms with Crippen molar-refractivity contribution in [3.63, 3.8) is 0 Å². The van der Waals surface area contributed by atoms with Gasteiger partial charge in [0.2, 0.25) is 0 Å². The summed E-state index contributed by atoms with van der Waals surface area (Å²) in [5, 5.41) is 0. The Hall–Kier alpha value is -0.120. The summed E-state index contributed by atoms with van der Waals surface area (Å²) in [7, 11) is 1.83. The average molecular weight is 198 g/mol.